The number of hydrogen-bond acceptors (Lipinski definition) is 7. The van der Waals surface area contributed by atoms with Crippen LogP contribution < -0.4 is 5.56 Å². The number of rotatable bonds is 6. The van der Waals surface area contributed by atoms with Gasteiger partial charge in [0.15, 0.2) is 6.04 Å². The summed E-state index contributed by atoms with van der Waals surface area (Å²) >= 11 is 5.91. The molecule has 0 amide bonds. The summed E-state index contributed by atoms with van der Waals surface area (Å²) in [6, 6.07) is 13.5. The zero-order valence-corrected chi connectivity index (χ0v) is 15.8. The van der Waals surface area contributed by atoms with Gasteiger partial charge in [0, 0.05) is 11.4 Å². The maximum atomic E-state index is 12.7. The van der Waals surface area contributed by atoms with E-state index in [1.165, 1.54) is 17.1 Å². The number of aromatic nitrogens is 6. The van der Waals surface area contributed by atoms with Gasteiger partial charge in [0.05, 0.1) is 10.9 Å². The average molecular weight is 411 g/mol. The lowest BCUT2D eigenvalue weighted by Crippen LogP contribution is -2.25. The second kappa shape index (κ2) is 8.19. The number of H-pyrrole nitrogens is 1. The Kier molecular flexibility index (Phi) is 5.30. The predicted octanol–water partition coefficient (Wildman–Crippen LogP) is 2.09. The number of nitrogens with one attached hydrogen (secondary N) is 1. The average Bonchev–Trinajstić information content (AvgIpc) is 3.26. The highest BCUT2D eigenvalue weighted by Gasteiger charge is 2.24. The lowest BCUT2D eigenvalue weighted by molar-refractivity contribution is -0.149. The van der Waals surface area contributed by atoms with Crippen molar-refractivity contribution in [1.29, 1.82) is 0 Å². The van der Waals surface area contributed by atoms with Crippen LogP contribution in [0.5, 0.6) is 0 Å². The van der Waals surface area contributed by atoms with Crippen molar-refractivity contribution >= 4 is 28.5 Å². The second-order valence-electron chi connectivity index (χ2n) is 6.28. The highest BCUT2D eigenvalue weighted by atomic mass is 35.5. The largest absolute Gasteiger partial charge is 0.456 e. The van der Waals surface area contributed by atoms with E-state index in [0.717, 1.165) is 5.56 Å². The third kappa shape index (κ3) is 4.30. The molecular weight excluding hydrogens is 396 g/mol. The molecule has 4 aromatic rings. The van der Waals surface area contributed by atoms with Crippen molar-refractivity contribution in [3.8, 4) is 0 Å². The maximum absolute atomic E-state index is 12.7. The summed E-state index contributed by atoms with van der Waals surface area (Å²) in [6.45, 7) is -0.194. The van der Waals surface area contributed by atoms with Crippen molar-refractivity contribution < 1.29 is 9.53 Å². The summed E-state index contributed by atoms with van der Waals surface area (Å²) in [5.74, 6) is -0.312. The topological polar surface area (TPSA) is 116 Å². The van der Waals surface area contributed by atoms with Gasteiger partial charge in [0.1, 0.15) is 18.8 Å². The Hall–Kier alpha value is -3.59. The standard InChI is InChI=1S/C19H15ClN6O3/c20-13-6-7-15-14(9-13)18(27)23-17(22-15)10-29-19(28)16(26-11-21-24-25-26)8-12-4-2-1-3-5-12/h1-7,9,11,16H,8,10H2,(H,22,23,27)/t16-/m0/s1. The third-order valence-electron chi connectivity index (χ3n) is 4.30. The van der Waals surface area contributed by atoms with Gasteiger partial charge < -0.3 is 9.72 Å². The fourth-order valence-electron chi connectivity index (χ4n) is 2.90. The van der Waals surface area contributed by atoms with Crippen LogP contribution in [0.1, 0.15) is 17.4 Å². The van der Waals surface area contributed by atoms with E-state index in [1.54, 1.807) is 12.1 Å². The minimum absolute atomic E-state index is 0.194. The molecule has 10 heteroatoms. The van der Waals surface area contributed by atoms with Crippen LogP contribution in [0, 0.1) is 0 Å². The molecule has 0 fully saturated rings. The first-order chi connectivity index (χ1) is 14.1. The minimum atomic E-state index is -0.751. The molecule has 0 radical (unpaired) electrons. The molecule has 2 aromatic heterocycles. The molecule has 0 aliphatic heterocycles. The van der Waals surface area contributed by atoms with Gasteiger partial charge in [-0.2, -0.15) is 0 Å². The van der Waals surface area contributed by atoms with Crippen molar-refractivity contribution in [3.05, 3.63) is 81.6 Å². The Morgan fingerprint density at radius 1 is 1.21 bits per heavy atom. The lowest BCUT2D eigenvalue weighted by Gasteiger charge is -2.15. The Labute approximate surface area is 169 Å². The van der Waals surface area contributed by atoms with Crippen molar-refractivity contribution in [3.63, 3.8) is 0 Å². The van der Waals surface area contributed by atoms with Crippen LogP contribution in [0.2, 0.25) is 5.02 Å². The molecule has 2 heterocycles. The van der Waals surface area contributed by atoms with E-state index in [9.17, 15) is 9.59 Å². The highest BCUT2D eigenvalue weighted by molar-refractivity contribution is 6.31. The normalized spacial score (nSPS) is 12.0. The van der Waals surface area contributed by atoms with E-state index in [4.69, 9.17) is 16.3 Å². The summed E-state index contributed by atoms with van der Waals surface area (Å²) in [5, 5.41) is 11.8. The summed E-state index contributed by atoms with van der Waals surface area (Å²) in [6.07, 6.45) is 1.71. The Bertz CT molecular complexity index is 1190. The molecule has 0 bridgehead atoms. The smallest absolute Gasteiger partial charge is 0.331 e. The SMILES string of the molecule is O=C(OCc1nc2ccc(Cl)cc2c(=O)[nH]1)[C@H](Cc1ccccc1)n1cnnn1. The molecule has 146 valence electrons. The van der Waals surface area contributed by atoms with E-state index in [2.05, 4.69) is 25.5 Å². The molecule has 9 nitrogen and oxygen atoms in total. The number of fused-ring (bicyclic) bond motifs is 1. The van der Waals surface area contributed by atoms with E-state index in [-0.39, 0.29) is 18.0 Å². The van der Waals surface area contributed by atoms with Crippen LogP contribution in [0.3, 0.4) is 0 Å². The molecule has 0 aliphatic carbocycles. The number of aromatic amines is 1. The van der Waals surface area contributed by atoms with Crippen LogP contribution >= 0.6 is 11.6 Å². The van der Waals surface area contributed by atoms with Gasteiger partial charge in [-0.3, -0.25) is 4.79 Å². The van der Waals surface area contributed by atoms with E-state index in [1.807, 2.05) is 30.3 Å². The van der Waals surface area contributed by atoms with Crippen LogP contribution in [-0.4, -0.2) is 36.1 Å². The van der Waals surface area contributed by atoms with Crippen LogP contribution in [-0.2, 0) is 22.6 Å². The summed E-state index contributed by atoms with van der Waals surface area (Å²) < 4.78 is 6.74. The van der Waals surface area contributed by atoms with Crippen LogP contribution in [0.4, 0.5) is 0 Å². The fourth-order valence-corrected chi connectivity index (χ4v) is 3.07. The summed E-state index contributed by atoms with van der Waals surface area (Å²) in [4.78, 5) is 31.9. The number of nitrogens with zero attached hydrogens (tertiary/aromatic N) is 5. The molecule has 0 aliphatic rings. The number of ether oxygens (including phenoxy) is 1. The number of benzene rings is 2. The Morgan fingerprint density at radius 2 is 2.03 bits per heavy atom. The van der Waals surface area contributed by atoms with Crippen molar-refractivity contribution in [2.45, 2.75) is 19.1 Å². The fraction of sp³-hybridized carbons (Fsp3) is 0.158. The van der Waals surface area contributed by atoms with Gasteiger partial charge in [-0.05, 0) is 34.2 Å². The Balaban J connectivity index is 1.53. The number of carbonyl (C=O) groups is 1. The summed E-state index contributed by atoms with van der Waals surface area (Å²) in [7, 11) is 0. The molecule has 2 aromatic carbocycles. The van der Waals surface area contributed by atoms with E-state index in [0.29, 0.717) is 22.3 Å². The van der Waals surface area contributed by atoms with Gasteiger partial charge in [-0.1, -0.05) is 41.9 Å². The number of hydrogen-bond donors (Lipinski definition) is 1. The predicted molar refractivity (Wildman–Crippen MR) is 104 cm³/mol. The highest BCUT2D eigenvalue weighted by Crippen LogP contribution is 2.17. The molecule has 0 spiro atoms. The van der Waals surface area contributed by atoms with Crippen LogP contribution in [0.15, 0.2) is 59.7 Å². The minimum Gasteiger partial charge on any atom is -0.456 e. The van der Waals surface area contributed by atoms with Crippen molar-refractivity contribution in [1.82, 2.24) is 30.2 Å². The first kappa shape index (κ1) is 18.8. The molecule has 0 saturated heterocycles. The number of halogens is 1. The number of esters is 1. The number of tetrazole rings is 1. The third-order valence-corrected chi connectivity index (χ3v) is 4.53. The lowest BCUT2D eigenvalue weighted by atomic mass is 10.1. The molecule has 4 rings (SSSR count). The van der Waals surface area contributed by atoms with Gasteiger partial charge in [-0.25, -0.2) is 14.5 Å². The van der Waals surface area contributed by atoms with E-state index >= 15 is 0 Å². The quantitative estimate of drug-likeness (QED) is 0.484. The zero-order valence-electron chi connectivity index (χ0n) is 15.0. The van der Waals surface area contributed by atoms with Gasteiger partial charge in [0.25, 0.3) is 5.56 Å². The molecular formula is C19H15ClN6O3. The molecule has 1 N–H and O–H groups in total. The monoisotopic (exact) mass is 410 g/mol. The Morgan fingerprint density at radius 3 is 2.79 bits per heavy atom. The maximum Gasteiger partial charge on any atom is 0.331 e. The molecule has 0 saturated carbocycles. The first-order valence-corrected chi connectivity index (χ1v) is 9.09. The van der Waals surface area contributed by atoms with Gasteiger partial charge >= 0.3 is 5.97 Å². The van der Waals surface area contributed by atoms with Crippen molar-refractivity contribution in [2.75, 3.05) is 0 Å². The van der Waals surface area contributed by atoms with Gasteiger partial charge in [0.2, 0.25) is 0 Å². The van der Waals surface area contributed by atoms with Crippen LogP contribution in [0.25, 0.3) is 10.9 Å². The van der Waals surface area contributed by atoms with E-state index < -0.39 is 12.0 Å². The second-order valence-corrected chi connectivity index (χ2v) is 6.71. The molecule has 0 unspecified atom stereocenters. The summed E-state index contributed by atoms with van der Waals surface area (Å²) in [5.41, 5.74) is 1.04. The van der Waals surface area contributed by atoms with Crippen molar-refractivity contribution in [2.24, 2.45) is 0 Å². The number of carbonyl (C=O) groups excluding carboxylic acids is 1. The molecule has 29 heavy (non-hydrogen) atoms. The zero-order chi connectivity index (χ0) is 20.2. The molecule has 1 atom stereocenters. The van der Waals surface area contributed by atoms with Gasteiger partial charge in [-0.15, -0.1) is 5.10 Å². The first-order valence-electron chi connectivity index (χ1n) is 8.71.